The van der Waals surface area contributed by atoms with E-state index in [-0.39, 0.29) is 38.1 Å². The van der Waals surface area contributed by atoms with Gasteiger partial charge >= 0.3 is 0 Å². The number of aromatic nitrogens is 2. The van der Waals surface area contributed by atoms with Crippen LogP contribution in [0.1, 0.15) is 18.1 Å². The largest absolute Gasteiger partial charge is 0.489 e. The van der Waals surface area contributed by atoms with Crippen LogP contribution >= 0.6 is 0 Å². The molecule has 0 radical (unpaired) electrons. The van der Waals surface area contributed by atoms with Crippen LogP contribution in [0.25, 0.3) is 16.6 Å². The molecule has 3 N–H and O–H groups in total. The molecule has 5 rings (SSSR count). The molecule has 1 aromatic heterocycles. The summed E-state index contributed by atoms with van der Waals surface area (Å²) in [5.74, 6) is -0.127. The third-order valence-corrected chi connectivity index (χ3v) is 6.68. The molecule has 1 aliphatic heterocycles. The van der Waals surface area contributed by atoms with E-state index in [1.807, 2.05) is 54.6 Å². The first kappa shape index (κ1) is 25.9. The Balaban J connectivity index is 1.49. The number of aliphatic hydroxyl groups is 1. The van der Waals surface area contributed by atoms with Crippen molar-refractivity contribution >= 4 is 28.4 Å². The van der Waals surface area contributed by atoms with Gasteiger partial charge in [0.05, 0.1) is 47.8 Å². The van der Waals surface area contributed by atoms with Crippen molar-refractivity contribution < 1.29 is 19.4 Å². The fourth-order valence-electron chi connectivity index (χ4n) is 4.65. The third-order valence-electron chi connectivity index (χ3n) is 6.68. The minimum atomic E-state index is -0.910. The molecule has 198 valence electrons. The van der Waals surface area contributed by atoms with E-state index in [9.17, 15) is 14.9 Å². The van der Waals surface area contributed by atoms with Crippen molar-refractivity contribution in [2.75, 3.05) is 24.7 Å². The highest BCUT2D eigenvalue weighted by Crippen LogP contribution is 2.33. The summed E-state index contributed by atoms with van der Waals surface area (Å²) in [4.78, 5) is 28.2. The second kappa shape index (κ2) is 11.3. The maximum Gasteiger partial charge on any atom is 0.253 e. The number of hydrogen-bond acceptors (Lipinski definition) is 7. The smallest absolute Gasteiger partial charge is 0.253 e. The molecule has 0 fully saturated rings. The number of fused-ring (bicyclic) bond motifs is 2. The van der Waals surface area contributed by atoms with Gasteiger partial charge in [0.1, 0.15) is 24.5 Å². The molecule has 2 amide bonds. The van der Waals surface area contributed by atoms with Gasteiger partial charge in [-0.05, 0) is 42.8 Å². The van der Waals surface area contributed by atoms with E-state index >= 15 is 0 Å². The van der Waals surface area contributed by atoms with Gasteiger partial charge in [-0.25, -0.2) is 4.68 Å². The zero-order valence-corrected chi connectivity index (χ0v) is 21.4. The number of amides is 2. The molecule has 2 heterocycles. The first-order chi connectivity index (χ1) is 19.0. The summed E-state index contributed by atoms with van der Waals surface area (Å²) in [6, 6.07) is 21.0. The van der Waals surface area contributed by atoms with Gasteiger partial charge in [-0.15, -0.1) is 0 Å². The first-order valence-electron chi connectivity index (χ1n) is 12.6. The molecule has 10 nitrogen and oxygen atoms in total. The highest BCUT2D eigenvalue weighted by Gasteiger charge is 2.33. The lowest BCUT2D eigenvalue weighted by Gasteiger charge is -2.26. The second-order valence-corrected chi connectivity index (χ2v) is 9.20. The number of carbonyl (C=O) groups excluding carboxylic acids is 2. The fraction of sp³-hybridized carbons (Fsp3) is 0.241. The molecule has 3 aromatic carbocycles. The molecule has 0 bridgehead atoms. The average Bonchev–Trinajstić information content (AvgIpc) is 3.36. The van der Waals surface area contributed by atoms with Crippen LogP contribution in [0.2, 0.25) is 0 Å². The Morgan fingerprint density at radius 2 is 1.92 bits per heavy atom. The lowest BCUT2D eigenvalue weighted by molar-refractivity contribution is -0.129. The summed E-state index contributed by atoms with van der Waals surface area (Å²) < 4.78 is 7.68. The predicted molar refractivity (Wildman–Crippen MR) is 145 cm³/mol. The van der Waals surface area contributed by atoms with Crippen molar-refractivity contribution in [1.82, 2.24) is 20.4 Å². The Labute approximate surface area is 225 Å². The van der Waals surface area contributed by atoms with Crippen LogP contribution in [0, 0.1) is 11.3 Å². The summed E-state index contributed by atoms with van der Waals surface area (Å²) in [5.41, 5.74) is 3.42. The molecule has 0 saturated carbocycles. The average molecular weight is 525 g/mol. The molecule has 1 aliphatic rings. The third kappa shape index (κ3) is 5.18. The molecule has 39 heavy (non-hydrogen) atoms. The van der Waals surface area contributed by atoms with Gasteiger partial charge in [-0.3, -0.25) is 9.59 Å². The van der Waals surface area contributed by atoms with Gasteiger partial charge in [0.25, 0.3) is 5.91 Å². The normalized spacial score (nSPS) is 15.7. The molecule has 10 heteroatoms. The van der Waals surface area contributed by atoms with E-state index in [0.717, 1.165) is 16.5 Å². The number of nitrogens with zero attached hydrogens (tertiary/aromatic N) is 4. The number of benzene rings is 3. The Morgan fingerprint density at radius 3 is 2.72 bits per heavy atom. The molecule has 0 aliphatic carbocycles. The second-order valence-electron chi connectivity index (χ2n) is 9.20. The number of para-hydroxylation sites is 3. The van der Waals surface area contributed by atoms with Gasteiger partial charge in [-0.2, -0.15) is 10.4 Å². The molecule has 0 saturated heterocycles. The van der Waals surface area contributed by atoms with Gasteiger partial charge in [0.15, 0.2) is 0 Å². The van der Waals surface area contributed by atoms with Crippen LogP contribution < -0.4 is 20.3 Å². The zero-order valence-electron chi connectivity index (χ0n) is 21.4. The lowest BCUT2D eigenvalue weighted by Crippen LogP contribution is -2.54. The fourth-order valence-corrected chi connectivity index (χ4v) is 4.65. The van der Waals surface area contributed by atoms with Crippen molar-refractivity contribution in [3.63, 3.8) is 0 Å². The Bertz CT molecular complexity index is 1560. The van der Waals surface area contributed by atoms with Gasteiger partial charge < -0.3 is 25.4 Å². The summed E-state index contributed by atoms with van der Waals surface area (Å²) in [5, 5.41) is 29.7. The molecule has 4 aromatic rings. The number of aliphatic hydroxyl groups excluding tert-OH is 1. The Hall–Kier alpha value is -4.72. The molecular formula is C29H28N6O4. The van der Waals surface area contributed by atoms with E-state index in [4.69, 9.17) is 9.84 Å². The quantitative estimate of drug-likeness (QED) is 0.322. The maximum atomic E-state index is 13.8. The lowest BCUT2D eigenvalue weighted by atomic mass is 10.1. The van der Waals surface area contributed by atoms with Crippen molar-refractivity contribution in [2.24, 2.45) is 0 Å². The number of anilines is 1. The standard InChI is InChI=1S/C29H28N6O4/c1-19(31-13-14-36)28(37)33-23-18-39-27-12-5-4-10-26(27)34(29(23)38)17-21-8-6-11-25-22(21)16-32-35(25)24-9-3-2-7-20(24)15-30/h2-12,16,19,23,31,36H,13-14,17-18H2,1H3,(H,33,37)/t19-,23-/m0/s1. The van der Waals surface area contributed by atoms with Crippen LogP contribution in [0.3, 0.4) is 0 Å². The van der Waals surface area contributed by atoms with Crippen LogP contribution in [0.4, 0.5) is 5.69 Å². The number of nitriles is 1. The predicted octanol–water partition coefficient (Wildman–Crippen LogP) is 2.28. The van der Waals surface area contributed by atoms with Crippen molar-refractivity contribution in [1.29, 1.82) is 5.26 Å². The summed E-state index contributed by atoms with van der Waals surface area (Å²) >= 11 is 0. The number of rotatable bonds is 8. The molecule has 0 unspecified atom stereocenters. The van der Waals surface area contributed by atoms with E-state index in [2.05, 4.69) is 21.8 Å². The molecule has 0 spiro atoms. The van der Waals surface area contributed by atoms with Gasteiger partial charge in [-0.1, -0.05) is 36.4 Å². The van der Waals surface area contributed by atoms with E-state index in [1.165, 1.54) is 0 Å². The van der Waals surface area contributed by atoms with E-state index in [0.29, 0.717) is 22.7 Å². The van der Waals surface area contributed by atoms with Crippen LogP contribution in [0.5, 0.6) is 5.75 Å². The topological polar surface area (TPSA) is 133 Å². The minimum absolute atomic E-state index is 0.0160. The van der Waals surface area contributed by atoms with Crippen molar-refractivity contribution in [3.8, 4) is 17.5 Å². The molecular weight excluding hydrogens is 496 g/mol. The minimum Gasteiger partial charge on any atom is -0.489 e. The van der Waals surface area contributed by atoms with Gasteiger partial charge in [0, 0.05) is 11.9 Å². The van der Waals surface area contributed by atoms with E-state index in [1.54, 1.807) is 34.8 Å². The SMILES string of the molecule is C[C@H](NCCO)C(=O)N[C@H]1COc2ccccc2N(Cc2cccc3c2cnn3-c2ccccc2C#N)C1=O. The highest BCUT2D eigenvalue weighted by atomic mass is 16.5. The highest BCUT2D eigenvalue weighted by molar-refractivity contribution is 6.02. The Morgan fingerprint density at radius 1 is 1.15 bits per heavy atom. The van der Waals surface area contributed by atoms with Crippen LogP contribution in [-0.4, -0.2) is 58.5 Å². The number of nitrogens with one attached hydrogen (secondary N) is 2. The van der Waals surface area contributed by atoms with E-state index < -0.39 is 12.1 Å². The van der Waals surface area contributed by atoms with Crippen LogP contribution in [0.15, 0.2) is 72.9 Å². The van der Waals surface area contributed by atoms with Crippen molar-refractivity contribution in [3.05, 3.63) is 84.1 Å². The first-order valence-corrected chi connectivity index (χ1v) is 12.6. The summed E-state index contributed by atoms with van der Waals surface area (Å²) in [6.07, 6.45) is 1.73. The summed E-state index contributed by atoms with van der Waals surface area (Å²) in [7, 11) is 0. The number of ether oxygens (including phenoxy) is 1. The zero-order chi connectivity index (χ0) is 27.4. The van der Waals surface area contributed by atoms with Gasteiger partial charge in [0.2, 0.25) is 5.91 Å². The molecule has 2 atom stereocenters. The summed E-state index contributed by atoms with van der Waals surface area (Å²) in [6.45, 7) is 2.03. The van der Waals surface area contributed by atoms with Crippen LogP contribution in [-0.2, 0) is 16.1 Å². The maximum absolute atomic E-state index is 13.8. The number of hydrogen-bond donors (Lipinski definition) is 3. The number of carbonyl (C=O) groups is 2. The van der Waals surface area contributed by atoms with Crippen molar-refractivity contribution in [2.45, 2.75) is 25.6 Å². The Kier molecular flexibility index (Phi) is 7.54. The monoisotopic (exact) mass is 524 g/mol.